The third-order valence-electron chi connectivity index (χ3n) is 2.49. The lowest BCUT2D eigenvalue weighted by molar-refractivity contribution is -0.121. The number of pyridine rings is 1. The number of aromatic nitrogens is 1. The second-order valence-corrected chi connectivity index (χ2v) is 4.41. The van der Waals surface area contributed by atoms with Crippen LogP contribution in [0.4, 0.5) is 0 Å². The summed E-state index contributed by atoms with van der Waals surface area (Å²) in [5, 5.41) is 12.1. The second kappa shape index (κ2) is 7.01. The molecule has 0 aliphatic rings. The number of carbonyl (C=O) groups excluding carboxylic acids is 1. The highest BCUT2D eigenvalue weighted by molar-refractivity contribution is 5.76. The van der Waals surface area contributed by atoms with Gasteiger partial charge in [0.1, 0.15) is 0 Å². The fourth-order valence-corrected chi connectivity index (χ4v) is 1.72. The minimum atomic E-state index is -0.384. The molecule has 1 aromatic heterocycles. The summed E-state index contributed by atoms with van der Waals surface area (Å²) in [5.74, 6) is 0.0231. The van der Waals surface area contributed by atoms with Crippen LogP contribution in [0.1, 0.15) is 32.3 Å². The van der Waals surface area contributed by atoms with Crippen molar-refractivity contribution >= 4 is 5.91 Å². The summed E-state index contributed by atoms with van der Waals surface area (Å²) in [7, 11) is 0. The van der Waals surface area contributed by atoms with E-state index in [0.29, 0.717) is 12.8 Å². The predicted molar refractivity (Wildman–Crippen MR) is 66.5 cm³/mol. The fraction of sp³-hybridized carbons (Fsp3) is 0.538. The second-order valence-electron chi connectivity index (χ2n) is 4.41. The summed E-state index contributed by atoms with van der Waals surface area (Å²) in [5.41, 5.74) is 1.11. The standard InChI is InChI=1S/C13H20N2O2/c1-10(9-11(2)16)15-13(17)4-3-12-5-7-14-8-6-12/h5-8,10-11,16H,3-4,9H2,1-2H3,(H,15,17). The molecule has 1 heterocycles. The third-order valence-corrected chi connectivity index (χ3v) is 2.49. The zero-order chi connectivity index (χ0) is 12.7. The quantitative estimate of drug-likeness (QED) is 0.782. The van der Waals surface area contributed by atoms with Gasteiger partial charge in [-0.1, -0.05) is 0 Å². The van der Waals surface area contributed by atoms with E-state index in [1.54, 1.807) is 19.3 Å². The van der Waals surface area contributed by atoms with Crippen molar-refractivity contribution in [3.63, 3.8) is 0 Å². The summed E-state index contributed by atoms with van der Waals surface area (Å²) in [6, 6.07) is 3.83. The first-order valence-electron chi connectivity index (χ1n) is 5.94. The topological polar surface area (TPSA) is 62.2 Å². The third kappa shape index (κ3) is 6.02. The number of aliphatic hydroxyl groups excluding tert-OH is 1. The van der Waals surface area contributed by atoms with Crippen LogP contribution in [-0.2, 0) is 11.2 Å². The molecular formula is C13H20N2O2. The molecule has 4 nitrogen and oxygen atoms in total. The molecule has 2 N–H and O–H groups in total. The van der Waals surface area contributed by atoms with E-state index in [1.807, 2.05) is 19.1 Å². The summed E-state index contributed by atoms with van der Waals surface area (Å²) in [4.78, 5) is 15.5. The predicted octanol–water partition coefficient (Wildman–Crippen LogP) is 1.29. The van der Waals surface area contributed by atoms with E-state index in [0.717, 1.165) is 12.0 Å². The first-order valence-corrected chi connectivity index (χ1v) is 5.94. The van der Waals surface area contributed by atoms with Crippen molar-refractivity contribution in [1.82, 2.24) is 10.3 Å². The van der Waals surface area contributed by atoms with Crippen molar-refractivity contribution < 1.29 is 9.90 Å². The first-order chi connectivity index (χ1) is 8.08. The van der Waals surface area contributed by atoms with Gasteiger partial charge in [0.25, 0.3) is 0 Å². The van der Waals surface area contributed by atoms with Crippen molar-refractivity contribution in [2.24, 2.45) is 0 Å². The van der Waals surface area contributed by atoms with Crippen molar-refractivity contribution in [3.05, 3.63) is 30.1 Å². The molecule has 0 spiro atoms. The molecule has 0 radical (unpaired) electrons. The maximum Gasteiger partial charge on any atom is 0.220 e. The van der Waals surface area contributed by atoms with Gasteiger partial charge >= 0.3 is 0 Å². The van der Waals surface area contributed by atoms with Crippen molar-refractivity contribution in [2.45, 2.75) is 45.3 Å². The Morgan fingerprint density at radius 1 is 1.41 bits per heavy atom. The number of aryl methyl sites for hydroxylation is 1. The van der Waals surface area contributed by atoms with E-state index in [2.05, 4.69) is 10.3 Å². The van der Waals surface area contributed by atoms with E-state index in [-0.39, 0.29) is 18.1 Å². The SMILES string of the molecule is CC(O)CC(C)NC(=O)CCc1ccncc1. The summed E-state index contributed by atoms with van der Waals surface area (Å²) in [6.45, 7) is 3.62. The number of rotatable bonds is 6. The van der Waals surface area contributed by atoms with Crippen LogP contribution in [-0.4, -0.2) is 28.1 Å². The highest BCUT2D eigenvalue weighted by Crippen LogP contribution is 2.02. The molecule has 0 saturated heterocycles. The van der Waals surface area contributed by atoms with Crippen molar-refractivity contribution in [1.29, 1.82) is 0 Å². The molecule has 1 amide bonds. The average molecular weight is 236 g/mol. The van der Waals surface area contributed by atoms with Gasteiger partial charge in [0.15, 0.2) is 0 Å². The maximum atomic E-state index is 11.6. The number of nitrogens with one attached hydrogen (secondary N) is 1. The molecule has 0 aliphatic carbocycles. The number of nitrogens with zero attached hydrogens (tertiary/aromatic N) is 1. The molecule has 2 unspecified atom stereocenters. The molecule has 0 aliphatic heterocycles. The monoisotopic (exact) mass is 236 g/mol. The van der Waals surface area contributed by atoms with Crippen LogP contribution in [0.15, 0.2) is 24.5 Å². The van der Waals surface area contributed by atoms with E-state index in [1.165, 1.54) is 0 Å². The van der Waals surface area contributed by atoms with Crippen LogP contribution in [0.3, 0.4) is 0 Å². The Bertz CT molecular complexity index is 339. The van der Waals surface area contributed by atoms with Gasteiger partial charge < -0.3 is 10.4 Å². The molecule has 1 rings (SSSR count). The normalized spacial score (nSPS) is 14.1. The van der Waals surface area contributed by atoms with Crippen LogP contribution in [0, 0.1) is 0 Å². The van der Waals surface area contributed by atoms with Crippen LogP contribution < -0.4 is 5.32 Å². The molecular weight excluding hydrogens is 216 g/mol. The van der Waals surface area contributed by atoms with Gasteiger partial charge in [0.05, 0.1) is 6.10 Å². The number of carbonyl (C=O) groups is 1. The fourth-order valence-electron chi connectivity index (χ4n) is 1.72. The highest BCUT2D eigenvalue weighted by atomic mass is 16.3. The molecule has 0 saturated carbocycles. The zero-order valence-corrected chi connectivity index (χ0v) is 10.4. The zero-order valence-electron chi connectivity index (χ0n) is 10.4. The number of hydrogen-bond donors (Lipinski definition) is 2. The van der Waals surface area contributed by atoms with Crippen LogP contribution in [0.2, 0.25) is 0 Å². The molecule has 2 atom stereocenters. The summed E-state index contributed by atoms with van der Waals surface area (Å²) in [6.07, 6.45) is 4.84. The van der Waals surface area contributed by atoms with E-state index < -0.39 is 0 Å². The number of aliphatic hydroxyl groups is 1. The number of amides is 1. The van der Waals surface area contributed by atoms with Gasteiger partial charge in [-0.2, -0.15) is 0 Å². The van der Waals surface area contributed by atoms with Crippen LogP contribution in [0.5, 0.6) is 0 Å². The van der Waals surface area contributed by atoms with Gasteiger partial charge in [0, 0.05) is 24.9 Å². The van der Waals surface area contributed by atoms with Gasteiger partial charge in [-0.3, -0.25) is 9.78 Å². The molecule has 1 aromatic rings. The van der Waals surface area contributed by atoms with Crippen molar-refractivity contribution in [3.8, 4) is 0 Å². The Morgan fingerprint density at radius 2 is 2.06 bits per heavy atom. The van der Waals surface area contributed by atoms with E-state index >= 15 is 0 Å². The molecule has 0 bridgehead atoms. The Hall–Kier alpha value is -1.42. The lowest BCUT2D eigenvalue weighted by atomic mass is 10.1. The average Bonchev–Trinajstić information content (AvgIpc) is 2.26. The molecule has 4 heteroatoms. The lowest BCUT2D eigenvalue weighted by Gasteiger charge is -2.15. The summed E-state index contributed by atoms with van der Waals surface area (Å²) < 4.78 is 0. The summed E-state index contributed by atoms with van der Waals surface area (Å²) >= 11 is 0. The Labute approximate surface area is 102 Å². The molecule has 0 fully saturated rings. The lowest BCUT2D eigenvalue weighted by Crippen LogP contribution is -2.34. The Balaban J connectivity index is 2.26. The smallest absolute Gasteiger partial charge is 0.220 e. The Morgan fingerprint density at radius 3 is 2.65 bits per heavy atom. The largest absolute Gasteiger partial charge is 0.393 e. The minimum absolute atomic E-state index is 0.0138. The van der Waals surface area contributed by atoms with Crippen molar-refractivity contribution in [2.75, 3.05) is 0 Å². The Kier molecular flexibility index (Phi) is 5.63. The van der Waals surface area contributed by atoms with Gasteiger partial charge in [-0.05, 0) is 44.4 Å². The maximum absolute atomic E-state index is 11.6. The van der Waals surface area contributed by atoms with Gasteiger partial charge in [0.2, 0.25) is 5.91 Å². The first kappa shape index (κ1) is 13.6. The van der Waals surface area contributed by atoms with E-state index in [4.69, 9.17) is 0 Å². The molecule has 94 valence electrons. The minimum Gasteiger partial charge on any atom is -0.393 e. The molecule has 17 heavy (non-hydrogen) atoms. The van der Waals surface area contributed by atoms with E-state index in [9.17, 15) is 9.90 Å². The van der Waals surface area contributed by atoms with Crippen LogP contribution >= 0.6 is 0 Å². The highest BCUT2D eigenvalue weighted by Gasteiger charge is 2.09. The van der Waals surface area contributed by atoms with Gasteiger partial charge in [-0.25, -0.2) is 0 Å². The van der Waals surface area contributed by atoms with Crippen LogP contribution in [0.25, 0.3) is 0 Å². The number of hydrogen-bond acceptors (Lipinski definition) is 3. The molecule has 0 aromatic carbocycles. The van der Waals surface area contributed by atoms with Gasteiger partial charge in [-0.15, -0.1) is 0 Å².